The van der Waals surface area contributed by atoms with Gasteiger partial charge in [0.2, 0.25) is 0 Å². The van der Waals surface area contributed by atoms with Gasteiger partial charge in [0.05, 0.1) is 11.4 Å². The van der Waals surface area contributed by atoms with E-state index >= 15 is 0 Å². The van der Waals surface area contributed by atoms with E-state index in [1.54, 1.807) is 6.20 Å². The molecule has 0 aromatic carbocycles. The lowest BCUT2D eigenvalue weighted by Crippen LogP contribution is -2.05. The van der Waals surface area contributed by atoms with Crippen molar-refractivity contribution in [1.82, 2.24) is 19.4 Å². The number of imidazole rings is 1. The van der Waals surface area contributed by atoms with Crippen molar-refractivity contribution in [3.05, 3.63) is 42.0 Å². The summed E-state index contributed by atoms with van der Waals surface area (Å²) in [7, 11) is 0. The molecule has 3 rings (SSSR count). The van der Waals surface area contributed by atoms with E-state index in [2.05, 4.69) is 15.0 Å². The minimum Gasteiger partial charge on any atom is -0.383 e. The maximum Gasteiger partial charge on any atom is 0.137 e. The first kappa shape index (κ1) is 11.6. The summed E-state index contributed by atoms with van der Waals surface area (Å²) in [4.78, 5) is 13.2. The molecule has 0 fully saturated rings. The zero-order chi connectivity index (χ0) is 13.4. The second-order valence-electron chi connectivity index (χ2n) is 4.42. The van der Waals surface area contributed by atoms with Crippen molar-refractivity contribution in [2.24, 2.45) is 0 Å². The summed E-state index contributed by atoms with van der Waals surface area (Å²) >= 11 is 0. The Labute approximate surface area is 111 Å². The molecule has 0 aliphatic rings. The summed E-state index contributed by atoms with van der Waals surface area (Å²) in [6.07, 6.45) is 4.46. The number of aryl methyl sites for hydroxylation is 1. The monoisotopic (exact) mass is 253 g/mol. The van der Waals surface area contributed by atoms with Gasteiger partial charge in [-0.25, -0.2) is 15.0 Å². The average Bonchev–Trinajstić information content (AvgIpc) is 2.90. The predicted molar refractivity (Wildman–Crippen MR) is 74.7 cm³/mol. The van der Waals surface area contributed by atoms with Crippen LogP contribution in [-0.2, 0) is 6.42 Å². The molecule has 0 amide bonds. The number of anilines is 1. The number of hydrogen-bond donors (Lipinski definition) is 1. The number of pyridine rings is 1. The Balaban J connectivity index is 2.32. The van der Waals surface area contributed by atoms with Crippen LogP contribution < -0.4 is 5.73 Å². The summed E-state index contributed by atoms with van der Waals surface area (Å²) in [6, 6.07) is 5.95. The van der Waals surface area contributed by atoms with Crippen LogP contribution in [0.4, 0.5) is 5.82 Å². The Hall–Kier alpha value is -2.43. The molecule has 2 N–H and O–H groups in total. The molecule has 5 nitrogen and oxygen atoms in total. The Kier molecular flexibility index (Phi) is 2.67. The number of nitrogen functional groups attached to an aromatic ring is 1. The average molecular weight is 253 g/mol. The van der Waals surface area contributed by atoms with Crippen LogP contribution in [0.1, 0.15) is 18.3 Å². The number of rotatable bonds is 2. The highest BCUT2D eigenvalue weighted by Gasteiger charge is 2.12. The van der Waals surface area contributed by atoms with Gasteiger partial charge in [0, 0.05) is 24.4 Å². The smallest absolute Gasteiger partial charge is 0.137 e. The first-order valence-electron chi connectivity index (χ1n) is 6.26. The van der Waals surface area contributed by atoms with Crippen LogP contribution >= 0.6 is 0 Å². The number of aromatic nitrogens is 4. The topological polar surface area (TPSA) is 69.1 Å². The van der Waals surface area contributed by atoms with Crippen LogP contribution in [0.5, 0.6) is 0 Å². The number of hydrogen-bond acceptors (Lipinski definition) is 4. The summed E-state index contributed by atoms with van der Waals surface area (Å²) in [5.41, 5.74) is 9.63. The first-order chi connectivity index (χ1) is 9.20. The van der Waals surface area contributed by atoms with E-state index in [4.69, 9.17) is 5.73 Å². The van der Waals surface area contributed by atoms with Gasteiger partial charge in [0.1, 0.15) is 17.3 Å². The Morgan fingerprint density at radius 3 is 2.89 bits per heavy atom. The van der Waals surface area contributed by atoms with Gasteiger partial charge in [-0.2, -0.15) is 0 Å². The van der Waals surface area contributed by atoms with Crippen molar-refractivity contribution in [3.8, 4) is 11.4 Å². The molecular weight excluding hydrogens is 238 g/mol. The van der Waals surface area contributed by atoms with E-state index in [0.717, 1.165) is 34.8 Å². The molecule has 0 aliphatic carbocycles. The third-order valence-corrected chi connectivity index (χ3v) is 3.22. The lowest BCUT2D eigenvalue weighted by atomic mass is 10.1. The van der Waals surface area contributed by atoms with E-state index in [9.17, 15) is 0 Å². The quantitative estimate of drug-likeness (QED) is 0.760. The number of nitrogens with zero attached hydrogens (tertiary/aromatic N) is 4. The fourth-order valence-corrected chi connectivity index (χ4v) is 2.13. The van der Waals surface area contributed by atoms with Crippen LogP contribution in [0.25, 0.3) is 17.0 Å². The van der Waals surface area contributed by atoms with E-state index in [0.29, 0.717) is 5.82 Å². The van der Waals surface area contributed by atoms with E-state index in [-0.39, 0.29) is 0 Å². The normalized spacial score (nSPS) is 11.1. The van der Waals surface area contributed by atoms with Crippen LogP contribution in [-0.4, -0.2) is 19.4 Å². The van der Waals surface area contributed by atoms with E-state index < -0.39 is 0 Å². The fraction of sp³-hybridized carbons (Fsp3) is 0.214. The first-order valence-corrected chi connectivity index (χ1v) is 6.26. The van der Waals surface area contributed by atoms with Gasteiger partial charge in [0.15, 0.2) is 0 Å². The van der Waals surface area contributed by atoms with Crippen molar-refractivity contribution < 1.29 is 0 Å². The summed E-state index contributed by atoms with van der Waals surface area (Å²) in [6.45, 7) is 3.96. The highest BCUT2D eigenvalue weighted by atomic mass is 15.0. The van der Waals surface area contributed by atoms with Crippen LogP contribution in [0.2, 0.25) is 0 Å². The molecule has 3 aromatic rings. The van der Waals surface area contributed by atoms with Crippen molar-refractivity contribution in [3.63, 3.8) is 0 Å². The van der Waals surface area contributed by atoms with Crippen molar-refractivity contribution in [2.45, 2.75) is 20.3 Å². The molecule has 0 atom stereocenters. The third kappa shape index (κ3) is 1.83. The maximum absolute atomic E-state index is 5.98. The Morgan fingerprint density at radius 2 is 2.11 bits per heavy atom. The highest BCUT2D eigenvalue weighted by molar-refractivity contribution is 5.67. The predicted octanol–water partition coefficient (Wildman–Crippen LogP) is 2.24. The minimum atomic E-state index is 0.541. The summed E-state index contributed by atoms with van der Waals surface area (Å²) < 4.78 is 2.01. The van der Waals surface area contributed by atoms with Crippen LogP contribution in [0.15, 0.2) is 30.6 Å². The van der Waals surface area contributed by atoms with Gasteiger partial charge in [-0.05, 0) is 19.1 Å². The fourth-order valence-electron chi connectivity index (χ4n) is 2.13. The molecule has 0 bridgehead atoms. The largest absolute Gasteiger partial charge is 0.383 e. The highest BCUT2D eigenvalue weighted by Crippen LogP contribution is 2.25. The van der Waals surface area contributed by atoms with Gasteiger partial charge in [-0.3, -0.25) is 4.40 Å². The molecule has 96 valence electrons. The molecule has 19 heavy (non-hydrogen) atoms. The lowest BCUT2D eigenvalue weighted by Gasteiger charge is -2.11. The van der Waals surface area contributed by atoms with Crippen LogP contribution in [0.3, 0.4) is 0 Å². The zero-order valence-corrected chi connectivity index (χ0v) is 11.0. The van der Waals surface area contributed by atoms with Gasteiger partial charge < -0.3 is 5.73 Å². The molecule has 0 saturated carbocycles. The molecule has 0 spiro atoms. The van der Waals surface area contributed by atoms with Gasteiger partial charge in [-0.15, -0.1) is 0 Å². The Bertz CT molecular complexity index is 745. The number of nitrogens with two attached hydrogens (primary N) is 1. The van der Waals surface area contributed by atoms with E-state index in [1.807, 2.05) is 42.6 Å². The third-order valence-electron chi connectivity index (χ3n) is 3.22. The second kappa shape index (κ2) is 4.35. The van der Waals surface area contributed by atoms with E-state index in [1.165, 1.54) is 0 Å². The van der Waals surface area contributed by atoms with Crippen LogP contribution in [0, 0.1) is 6.92 Å². The maximum atomic E-state index is 5.98. The Morgan fingerprint density at radius 1 is 1.26 bits per heavy atom. The molecule has 3 heterocycles. The molecular formula is C14H15N5. The van der Waals surface area contributed by atoms with Gasteiger partial charge in [-0.1, -0.05) is 13.0 Å². The van der Waals surface area contributed by atoms with Crippen molar-refractivity contribution in [2.75, 3.05) is 5.73 Å². The molecule has 0 unspecified atom stereocenters. The number of fused-ring (bicyclic) bond motifs is 1. The molecule has 0 radical (unpaired) electrons. The van der Waals surface area contributed by atoms with Gasteiger partial charge >= 0.3 is 0 Å². The summed E-state index contributed by atoms with van der Waals surface area (Å²) in [5, 5.41) is 0. The molecule has 0 saturated heterocycles. The molecule has 0 aliphatic heterocycles. The standard InChI is InChI=1S/C14H15N5/c1-3-11-17-13(9(2)14(15)18-11)10-5-4-6-12-16-7-8-19(10)12/h4-8H,3H2,1-2H3,(H2,15,17,18). The molecule has 3 aromatic heterocycles. The molecule has 5 heteroatoms. The SMILES string of the molecule is CCc1nc(N)c(C)c(-c2cccc3nccn23)n1. The van der Waals surface area contributed by atoms with Crippen molar-refractivity contribution >= 4 is 11.5 Å². The zero-order valence-electron chi connectivity index (χ0n) is 11.0. The van der Waals surface area contributed by atoms with Crippen molar-refractivity contribution in [1.29, 1.82) is 0 Å². The van der Waals surface area contributed by atoms with Gasteiger partial charge in [0.25, 0.3) is 0 Å². The lowest BCUT2D eigenvalue weighted by molar-refractivity contribution is 0.934. The summed E-state index contributed by atoms with van der Waals surface area (Å²) in [5.74, 6) is 1.30. The minimum absolute atomic E-state index is 0.541. The second-order valence-corrected chi connectivity index (χ2v) is 4.42.